The largest absolute Gasteiger partial charge is 0.347 e. The molecule has 0 fully saturated rings. The van der Waals surface area contributed by atoms with Crippen molar-refractivity contribution in [2.45, 2.75) is 6.92 Å². The Morgan fingerprint density at radius 2 is 1.88 bits per heavy atom. The van der Waals surface area contributed by atoms with E-state index in [0.29, 0.717) is 12.1 Å². The van der Waals surface area contributed by atoms with Gasteiger partial charge in [0.25, 0.3) is 0 Å². The minimum absolute atomic E-state index is 0.0712. The summed E-state index contributed by atoms with van der Waals surface area (Å²) in [5, 5.41) is 2.85. The fourth-order valence-corrected chi connectivity index (χ4v) is 1.56. The van der Waals surface area contributed by atoms with Gasteiger partial charge in [-0.3, -0.25) is 9.28 Å². The third kappa shape index (κ3) is 4.04. The second-order valence-electron chi connectivity index (χ2n) is 4.78. The van der Waals surface area contributed by atoms with E-state index in [2.05, 4.69) is 38.1 Å². The zero-order valence-corrected chi connectivity index (χ0v) is 10.9. The van der Waals surface area contributed by atoms with Crippen LogP contribution in [0, 0.1) is 0 Å². The molecule has 1 rings (SSSR count). The number of quaternary nitrogens is 1. The standard InChI is InChI=1S/C14H20N2O/c1-12(2)14(17)15-10-11-16(3,4)13-8-6-5-7-9-13/h5-9H,1,10-11H2,2-4H3/p+1. The number of nitrogens with one attached hydrogen (secondary N) is 1. The Morgan fingerprint density at radius 3 is 2.41 bits per heavy atom. The van der Waals surface area contributed by atoms with Crippen LogP contribution < -0.4 is 9.80 Å². The number of likely N-dealkylation sites (N-methyl/N-ethyl adjacent to an activating group) is 1. The Balaban J connectivity index is 2.51. The highest BCUT2D eigenvalue weighted by Crippen LogP contribution is 2.16. The lowest BCUT2D eigenvalue weighted by Crippen LogP contribution is -2.46. The van der Waals surface area contributed by atoms with E-state index in [0.717, 1.165) is 11.0 Å². The SMILES string of the molecule is C=C(C)C(=O)NCC[N+](C)(C)c1ccccc1. The van der Waals surface area contributed by atoms with Crippen molar-refractivity contribution < 1.29 is 4.79 Å². The molecule has 1 amide bonds. The molecule has 0 aliphatic heterocycles. The van der Waals surface area contributed by atoms with Gasteiger partial charge in [-0.15, -0.1) is 0 Å². The molecule has 0 aliphatic rings. The summed E-state index contributed by atoms with van der Waals surface area (Å²) in [4.78, 5) is 11.3. The summed E-state index contributed by atoms with van der Waals surface area (Å²) in [6.45, 7) is 6.82. The fourth-order valence-electron chi connectivity index (χ4n) is 1.56. The van der Waals surface area contributed by atoms with Crippen LogP contribution in [-0.2, 0) is 4.79 Å². The summed E-state index contributed by atoms with van der Waals surface area (Å²) in [5.41, 5.74) is 1.78. The number of carbonyl (C=O) groups is 1. The minimum atomic E-state index is -0.0712. The van der Waals surface area contributed by atoms with Crippen molar-refractivity contribution in [2.24, 2.45) is 0 Å². The Labute approximate surface area is 103 Å². The van der Waals surface area contributed by atoms with Crippen LogP contribution in [0.4, 0.5) is 5.69 Å². The number of amides is 1. The van der Waals surface area contributed by atoms with Crippen molar-refractivity contribution in [3.8, 4) is 0 Å². The average molecular weight is 233 g/mol. The zero-order valence-electron chi connectivity index (χ0n) is 10.9. The molecular formula is C14H21N2O+. The van der Waals surface area contributed by atoms with Gasteiger partial charge >= 0.3 is 0 Å². The van der Waals surface area contributed by atoms with Crippen LogP contribution in [0.1, 0.15) is 6.92 Å². The lowest BCUT2D eigenvalue weighted by Gasteiger charge is -2.29. The van der Waals surface area contributed by atoms with Gasteiger partial charge in [0.15, 0.2) is 0 Å². The predicted octanol–water partition coefficient (Wildman–Crippen LogP) is 1.95. The molecule has 17 heavy (non-hydrogen) atoms. The zero-order chi connectivity index (χ0) is 12.9. The van der Waals surface area contributed by atoms with Crippen LogP contribution in [0.25, 0.3) is 0 Å². The van der Waals surface area contributed by atoms with E-state index < -0.39 is 0 Å². The smallest absolute Gasteiger partial charge is 0.246 e. The third-order valence-electron chi connectivity index (χ3n) is 2.80. The highest BCUT2D eigenvalue weighted by atomic mass is 16.1. The first-order valence-electron chi connectivity index (χ1n) is 5.76. The summed E-state index contributed by atoms with van der Waals surface area (Å²) in [7, 11) is 4.25. The number of para-hydroxylation sites is 1. The van der Waals surface area contributed by atoms with Gasteiger partial charge in [0.2, 0.25) is 5.91 Å². The number of hydrogen-bond donors (Lipinski definition) is 1. The first kappa shape index (κ1) is 13.5. The Morgan fingerprint density at radius 1 is 1.29 bits per heavy atom. The first-order chi connectivity index (χ1) is 7.93. The molecule has 3 nitrogen and oxygen atoms in total. The fraction of sp³-hybridized carbons (Fsp3) is 0.357. The van der Waals surface area contributed by atoms with Crippen molar-refractivity contribution in [3.05, 3.63) is 42.5 Å². The first-order valence-corrected chi connectivity index (χ1v) is 5.76. The van der Waals surface area contributed by atoms with Gasteiger partial charge in [0.1, 0.15) is 12.2 Å². The van der Waals surface area contributed by atoms with E-state index >= 15 is 0 Å². The van der Waals surface area contributed by atoms with Crippen LogP contribution in [0.5, 0.6) is 0 Å². The van der Waals surface area contributed by atoms with E-state index in [4.69, 9.17) is 0 Å². The van der Waals surface area contributed by atoms with Crippen molar-refractivity contribution in [3.63, 3.8) is 0 Å². The molecule has 0 aromatic heterocycles. The summed E-state index contributed by atoms with van der Waals surface area (Å²) in [6.07, 6.45) is 0. The van der Waals surface area contributed by atoms with E-state index in [1.54, 1.807) is 6.92 Å². The second kappa shape index (κ2) is 5.64. The van der Waals surface area contributed by atoms with Crippen LogP contribution in [0.15, 0.2) is 42.5 Å². The van der Waals surface area contributed by atoms with Crippen LogP contribution in [-0.4, -0.2) is 33.1 Å². The molecule has 1 N–H and O–H groups in total. The third-order valence-corrected chi connectivity index (χ3v) is 2.80. The monoisotopic (exact) mass is 233 g/mol. The van der Waals surface area contributed by atoms with Gasteiger partial charge in [-0.2, -0.15) is 0 Å². The summed E-state index contributed by atoms with van der Waals surface area (Å²) < 4.78 is 0.747. The molecule has 0 unspecified atom stereocenters. The molecule has 3 heteroatoms. The maximum atomic E-state index is 11.3. The molecule has 0 bridgehead atoms. The molecule has 1 aromatic carbocycles. The molecular weight excluding hydrogens is 212 g/mol. The molecule has 0 atom stereocenters. The maximum absolute atomic E-state index is 11.3. The average Bonchev–Trinajstić information content (AvgIpc) is 2.29. The Hall–Kier alpha value is -1.61. The van der Waals surface area contributed by atoms with Crippen LogP contribution >= 0.6 is 0 Å². The highest BCUT2D eigenvalue weighted by Gasteiger charge is 2.18. The summed E-state index contributed by atoms with van der Waals surface area (Å²) >= 11 is 0. The molecule has 0 spiro atoms. The molecule has 0 radical (unpaired) electrons. The number of carbonyl (C=O) groups excluding carboxylic acids is 1. The van der Waals surface area contributed by atoms with Crippen LogP contribution in [0.3, 0.4) is 0 Å². The van der Waals surface area contributed by atoms with Gasteiger partial charge in [0.05, 0.1) is 20.6 Å². The van der Waals surface area contributed by atoms with Gasteiger partial charge in [0, 0.05) is 5.57 Å². The maximum Gasteiger partial charge on any atom is 0.246 e. The van der Waals surface area contributed by atoms with Crippen molar-refractivity contribution in [1.82, 2.24) is 9.80 Å². The number of nitrogens with zero attached hydrogens (tertiary/aromatic N) is 1. The van der Waals surface area contributed by atoms with E-state index in [1.165, 1.54) is 5.69 Å². The van der Waals surface area contributed by atoms with Gasteiger partial charge < -0.3 is 5.32 Å². The molecule has 0 saturated heterocycles. The van der Waals surface area contributed by atoms with Crippen molar-refractivity contribution >= 4 is 11.6 Å². The topological polar surface area (TPSA) is 29.1 Å². The van der Waals surface area contributed by atoms with Gasteiger partial charge in [-0.1, -0.05) is 24.8 Å². The molecule has 0 heterocycles. The molecule has 1 aromatic rings. The minimum Gasteiger partial charge on any atom is -0.347 e. The number of hydrogen-bond acceptors (Lipinski definition) is 1. The normalized spacial score (nSPS) is 11.0. The number of rotatable bonds is 5. The van der Waals surface area contributed by atoms with Gasteiger partial charge in [-0.25, -0.2) is 0 Å². The van der Waals surface area contributed by atoms with Crippen molar-refractivity contribution in [1.29, 1.82) is 0 Å². The summed E-state index contributed by atoms with van der Waals surface area (Å²) in [6, 6.07) is 10.3. The molecule has 92 valence electrons. The summed E-state index contributed by atoms with van der Waals surface area (Å²) in [5.74, 6) is -0.0712. The van der Waals surface area contributed by atoms with Crippen molar-refractivity contribution in [2.75, 3.05) is 27.2 Å². The lowest BCUT2D eigenvalue weighted by molar-refractivity contribution is -0.117. The predicted molar refractivity (Wildman–Crippen MR) is 72.8 cm³/mol. The second-order valence-corrected chi connectivity index (χ2v) is 4.78. The lowest BCUT2D eigenvalue weighted by atomic mass is 10.2. The number of benzene rings is 1. The Kier molecular flexibility index (Phi) is 4.46. The van der Waals surface area contributed by atoms with Gasteiger partial charge in [-0.05, 0) is 19.1 Å². The Bertz CT molecular complexity index is 396. The highest BCUT2D eigenvalue weighted by molar-refractivity contribution is 5.92. The molecule has 0 aliphatic carbocycles. The van der Waals surface area contributed by atoms with E-state index in [-0.39, 0.29) is 5.91 Å². The molecule has 0 saturated carbocycles. The van der Waals surface area contributed by atoms with Crippen LogP contribution in [0.2, 0.25) is 0 Å². The quantitative estimate of drug-likeness (QED) is 0.611. The van der Waals surface area contributed by atoms with E-state index in [9.17, 15) is 4.79 Å². The van der Waals surface area contributed by atoms with E-state index in [1.807, 2.05) is 18.2 Å².